The molecule has 190 valence electrons. The maximum atomic E-state index is 13.9. The van der Waals surface area contributed by atoms with Crippen molar-refractivity contribution in [2.45, 2.75) is 97.4 Å². The van der Waals surface area contributed by atoms with Crippen molar-refractivity contribution in [1.82, 2.24) is 15.5 Å². The Balaban J connectivity index is 2.44. The Morgan fingerprint density at radius 3 is 2.41 bits per heavy atom. The Kier molecular flexibility index (Phi) is 10.3. The summed E-state index contributed by atoms with van der Waals surface area (Å²) >= 11 is 4.35. The molecule has 1 fully saturated rings. The van der Waals surface area contributed by atoms with Crippen molar-refractivity contribution in [1.29, 1.82) is 0 Å². The van der Waals surface area contributed by atoms with Crippen molar-refractivity contribution >= 4 is 30.5 Å². The molecular weight excluding hydrogens is 450 g/mol. The van der Waals surface area contributed by atoms with E-state index in [9.17, 15) is 14.4 Å². The van der Waals surface area contributed by atoms with Crippen molar-refractivity contribution in [3.8, 4) is 0 Å². The number of unbranched alkanes of at least 4 members (excludes halogenated alkanes) is 1. The molecule has 1 aliphatic carbocycles. The first-order valence-corrected chi connectivity index (χ1v) is 12.9. The summed E-state index contributed by atoms with van der Waals surface area (Å²) in [5.41, 5.74) is 2.16. The van der Waals surface area contributed by atoms with Crippen LogP contribution < -0.4 is 10.6 Å². The molecule has 3 amide bonds. The summed E-state index contributed by atoms with van der Waals surface area (Å²) in [6.07, 6.45) is 3.78. The molecule has 2 rings (SSSR count). The second-order valence-electron chi connectivity index (χ2n) is 10.0. The van der Waals surface area contributed by atoms with Crippen molar-refractivity contribution < 1.29 is 19.1 Å². The molecule has 1 saturated carbocycles. The number of hydrogen-bond acceptors (Lipinski definition) is 5. The van der Waals surface area contributed by atoms with Crippen molar-refractivity contribution in [2.24, 2.45) is 0 Å². The third-order valence-corrected chi connectivity index (χ3v) is 6.56. The van der Waals surface area contributed by atoms with Crippen LogP contribution in [0.5, 0.6) is 0 Å². The zero-order valence-corrected chi connectivity index (χ0v) is 22.3. The lowest BCUT2D eigenvalue weighted by Gasteiger charge is -2.44. The van der Waals surface area contributed by atoms with Gasteiger partial charge in [-0.25, -0.2) is 4.79 Å². The fourth-order valence-electron chi connectivity index (χ4n) is 3.97. The first-order chi connectivity index (χ1) is 16.0. The SMILES string of the molecule is CCCCNC(=O)C(c1cccc(C)c1C)N(C(=O)C(CS)NC(=O)OC(C)(C)C)C1CCC1. The normalized spacial score (nSPS) is 15.6. The van der Waals surface area contributed by atoms with Gasteiger partial charge in [-0.05, 0) is 77.0 Å². The molecule has 2 N–H and O–H groups in total. The third kappa shape index (κ3) is 7.39. The van der Waals surface area contributed by atoms with Gasteiger partial charge in [0.25, 0.3) is 0 Å². The molecule has 2 atom stereocenters. The first kappa shape index (κ1) is 28.0. The molecule has 7 nitrogen and oxygen atoms in total. The number of ether oxygens (including phenoxy) is 1. The van der Waals surface area contributed by atoms with Gasteiger partial charge < -0.3 is 20.3 Å². The number of alkyl carbamates (subject to hydrolysis) is 1. The summed E-state index contributed by atoms with van der Waals surface area (Å²) < 4.78 is 5.36. The lowest BCUT2D eigenvalue weighted by atomic mass is 9.87. The Labute approximate surface area is 209 Å². The summed E-state index contributed by atoms with van der Waals surface area (Å²) in [6, 6.07) is 4.08. The van der Waals surface area contributed by atoms with Crippen LogP contribution in [0.15, 0.2) is 18.2 Å². The van der Waals surface area contributed by atoms with Gasteiger partial charge in [0.2, 0.25) is 11.8 Å². The van der Waals surface area contributed by atoms with E-state index < -0.39 is 23.8 Å². The molecular formula is C26H41N3O4S. The number of nitrogens with zero attached hydrogens (tertiary/aromatic N) is 1. The zero-order valence-electron chi connectivity index (χ0n) is 21.4. The number of nitrogens with one attached hydrogen (secondary N) is 2. The number of aryl methyl sites for hydroxylation is 1. The molecule has 0 radical (unpaired) electrons. The van der Waals surface area contributed by atoms with Crippen molar-refractivity contribution in [2.75, 3.05) is 12.3 Å². The molecule has 0 bridgehead atoms. The highest BCUT2D eigenvalue weighted by molar-refractivity contribution is 7.80. The largest absolute Gasteiger partial charge is 0.444 e. The Bertz CT molecular complexity index is 864. The van der Waals surface area contributed by atoms with Crippen molar-refractivity contribution in [3.63, 3.8) is 0 Å². The smallest absolute Gasteiger partial charge is 0.408 e. The number of benzene rings is 1. The molecule has 0 aromatic heterocycles. The van der Waals surface area contributed by atoms with E-state index in [1.807, 2.05) is 32.0 Å². The van der Waals surface area contributed by atoms with E-state index >= 15 is 0 Å². The lowest BCUT2D eigenvalue weighted by molar-refractivity contribution is -0.147. The Morgan fingerprint density at radius 2 is 1.88 bits per heavy atom. The van der Waals surface area contributed by atoms with Gasteiger partial charge in [0.1, 0.15) is 17.7 Å². The number of thiol groups is 1. The average molecular weight is 492 g/mol. The summed E-state index contributed by atoms with van der Waals surface area (Å²) in [5.74, 6) is -0.419. The quantitative estimate of drug-likeness (QED) is 0.333. The zero-order chi connectivity index (χ0) is 25.5. The monoisotopic (exact) mass is 491 g/mol. The standard InChI is InChI=1S/C26H41N3O4S/c1-7-8-15-27-23(30)22(20-14-9-11-17(2)18(20)3)29(19-12-10-13-19)24(31)21(16-34)28-25(32)33-26(4,5)6/h9,11,14,19,21-22,34H,7-8,10,12-13,15-16H2,1-6H3,(H,27,30)(H,28,32). The topological polar surface area (TPSA) is 87.7 Å². The molecule has 8 heteroatoms. The maximum absolute atomic E-state index is 13.9. The molecule has 0 heterocycles. The van der Waals surface area contributed by atoms with Gasteiger partial charge in [0, 0.05) is 18.3 Å². The van der Waals surface area contributed by atoms with E-state index in [2.05, 4.69) is 30.2 Å². The maximum Gasteiger partial charge on any atom is 0.408 e. The van der Waals surface area contributed by atoms with E-state index in [0.29, 0.717) is 6.54 Å². The highest BCUT2D eigenvalue weighted by atomic mass is 32.1. The molecule has 1 aromatic carbocycles. The van der Waals surface area contributed by atoms with Gasteiger partial charge in [-0.1, -0.05) is 31.5 Å². The van der Waals surface area contributed by atoms with E-state index in [4.69, 9.17) is 4.74 Å². The van der Waals surface area contributed by atoms with Crippen LogP contribution in [0.2, 0.25) is 0 Å². The number of hydrogen-bond donors (Lipinski definition) is 3. The highest BCUT2D eigenvalue weighted by Gasteiger charge is 2.42. The minimum Gasteiger partial charge on any atom is -0.444 e. The van der Waals surface area contributed by atoms with Gasteiger partial charge in [0.15, 0.2) is 0 Å². The predicted molar refractivity (Wildman–Crippen MR) is 138 cm³/mol. The molecule has 34 heavy (non-hydrogen) atoms. The number of carbonyl (C=O) groups excluding carboxylic acids is 3. The van der Waals surface area contributed by atoms with E-state index in [1.54, 1.807) is 25.7 Å². The van der Waals surface area contributed by atoms with Gasteiger partial charge >= 0.3 is 6.09 Å². The van der Waals surface area contributed by atoms with Crippen LogP contribution in [0.3, 0.4) is 0 Å². The van der Waals surface area contributed by atoms with E-state index in [-0.39, 0.29) is 23.6 Å². The minimum atomic E-state index is -0.908. The van der Waals surface area contributed by atoms with E-state index in [1.165, 1.54) is 0 Å². The highest BCUT2D eigenvalue weighted by Crippen LogP contribution is 2.35. The first-order valence-electron chi connectivity index (χ1n) is 12.3. The summed E-state index contributed by atoms with van der Waals surface area (Å²) in [4.78, 5) is 41.6. The van der Waals surface area contributed by atoms with Crippen LogP contribution in [0, 0.1) is 13.8 Å². The molecule has 1 aliphatic rings. The second kappa shape index (κ2) is 12.5. The van der Waals surface area contributed by atoms with Crippen molar-refractivity contribution in [3.05, 3.63) is 34.9 Å². The number of carbonyl (C=O) groups is 3. The lowest BCUT2D eigenvalue weighted by Crippen LogP contribution is -2.58. The summed E-state index contributed by atoms with van der Waals surface area (Å²) in [7, 11) is 0. The second-order valence-corrected chi connectivity index (χ2v) is 10.4. The molecule has 2 unspecified atom stereocenters. The van der Waals surface area contributed by atoms with Gasteiger partial charge in [-0.3, -0.25) is 9.59 Å². The third-order valence-electron chi connectivity index (χ3n) is 6.19. The Morgan fingerprint density at radius 1 is 1.21 bits per heavy atom. The summed E-state index contributed by atoms with van der Waals surface area (Å²) in [6.45, 7) is 11.9. The molecule has 0 aliphatic heterocycles. The minimum absolute atomic E-state index is 0.0721. The van der Waals surface area contributed by atoms with Crippen LogP contribution in [-0.2, 0) is 14.3 Å². The van der Waals surface area contributed by atoms with Gasteiger partial charge in [0.05, 0.1) is 0 Å². The fraction of sp³-hybridized carbons (Fsp3) is 0.654. The average Bonchev–Trinajstić information content (AvgIpc) is 2.71. The van der Waals surface area contributed by atoms with Crippen LogP contribution in [0.25, 0.3) is 0 Å². The predicted octanol–water partition coefficient (Wildman–Crippen LogP) is 4.47. The van der Waals surface area contributed by atoms with Crippen LogP contribution in [0.1, 0.15) is 82.5 Å². The fourth-order valence-corrected chi connectivity index (χ4v) is 4.22. The van der Waals surface area contributed by atoms with Crippen LogP contribution in [-0.4, -0.2) is 52.8 Å². The molecule has 1 aromatic rings. The molecule has 0 saturated heterocycles. The van der Waals surface area contributed by atoms with Gasteiger partial charge in [-0.2, -0.15) is 12.6 Å². The molecule has 0 spiro atoms. The van der Waals surface area contributed by atoms with Crippen LogP contribution in [0.4, 0.5) is 4.79 Å². The summed E-state index contributed by atoms with van der Waals surface area (Å²) in [5, 5.41) is 5.70. The number of rotatable bonds is 10. The van der Waals surface area contributed by atoms with Gasteiger partial charge in [-0.15, -0.1) is 0 Å². The number of amides is 3. The van der Waals surface area contributed by atoms with E-state index in [0.717, 1.165) is 48.8 Å². The van der Waals surface area contributed by atoms with Crippen LogP contribution >= 0.6 is 12.6 Å². The Hall–Kier alpha value is -2.22.